The molecule has 0 saturated carbocycles. The topological polar surface area (TPSA) is 101 Å². The molecule has 2 aliphatic heterocycles. The molecule has 2 rings (SSSR count). The maximum atomic E-state index is 9.12. The van der Waals surface area contributed by atoms with Crippen LogP contribution in [0.2, 0.25) is 0 Å². The summed E-state index contributed by atoms with van der Waals surface area (Å²) >= 11 is 2.66. The van der Waals surface area contributed by atoms with Crippen molar-refractivity contribution in [3.8, 4) is 0 Å². The lowest BCUT2D eigenvalue weighted by Gasteiger charge is -2.12. The minimum Gasteiger partial charge on any atom is -0.395 e. The second-order valence-electron chi connectivity index (χ2n) is 4.50. The minimum atomic E-state index is -0.901. The van der Waals surface area contributed by atoms with Gasteiger partial charge < -0.3 is 25.5 Å². The summed E-state index contributed by atoms with van der Waals surface area (Å²) in [5.74, 6) is 0. The zero-order valence-corrected chi connectivity index (χ0v) is 12.0. The number of hydrogen-bond acceptors (Lipinski definition) is 7. The van der Waals surface area contributed by atoms with E-state index in [1.807, 2.05) is 0 Å². The van der Waals surface area contributed by atoms with E-state index in [0.717, 1.165) is 0 Å². The van der Waals surface area contributed by atoms with E-state index in [9.17, 15) is 0 Å². The number of thioether (sulfide) groups is 2. The predicted octanol–water partition coefficient (Wildman–Crippen LogP) is -2.35. The highest BCUT2D eigenvalue weighted by molar-refractivity contribution is 8.02. The summed E-state index contributed by atoms with van der Waals surface area (Å²) in [5, 5.41) is 43.7. The van der Waals surface area contributed by atoms with Crippen molar-refractivity contribution in [1.29, 1.82) is 0 Å². The Morgan fingerprint density at radius 2 is 1.47 bits per heavy atom. The molecule has 19 heavy (non-hydrogen) atoms. The molecule has 2 heterocycles. The van der Waals surface area contributed by atoms with Crippen molar-refractivity contribution in [3.63, 3.8) is 0 Å². The minimum absolute atomic E-state index is 0.0112. The third-order valence-electron chi connectivity index (χ3n) is 3.01. The Morgan fingerprint density at radius 1 is 0.895 bits per heavy atom. The zero-order chi connectivity index (χ0) is 14.6. The predicted molar refractivity (Wildman–Crippen MR) is 78.7 cm³/mol. The summed E-state index contributed by atoms with van der Waals surface area (Å²) in [5.41, 5.74) is 0. The van der Waals surface area contributed by atoms with Gasteiger partial charge in [0.2, 0.25) is 0 Å². The molecule has 5 N–H and O–H groups in total. The molecule has 2 aliphatic rings. The maximum Gasteiger partial charge on any atom is 0.0942 e. The van der Waals surface area contributed by atoms with Crippen molar-refractivity contribution in [1.82, 2.24) is 0 Å². The van der Waals surface area contributed by atoms with Crippen molar-refractivity contribution in [2.24, 2.45) is 0 Å². The van der Waals surface area contributed by atoms with E-state index in [1.165, 1.54) is 23.5 Å². The first-order valence-corrected chi connectivity index (χ1v) is 7.87. The first kappa shape index (κ1) is 17.7. The molecule has 4 radical (unpaired) electrons. The van der Waals surface area contributed by atoms with Crippen LogP contribution in [0.4, 0.5) is 0 Å². The van der Waals surface area contributed by atoms with Crippen LogP contribution in [0.3, 0.4) is 0 Å². The molecule has 0 aromatic rings. The van der Waals surface area contributed by atoms with Gasteiger partial charge in [-0.2, -0.15) is 23.5 Å². The summed E-state index contributed by atoms with van der Waals surface area (Å²) in [6.07, 6.45) is -1.59. The summed E-state index contributed by atoms with van der Waals surface area (Å²) < 4.78 is 0. The van der Waals surface area contributed by atoms with E-state index in [0.29, 0.717) is 6.42 Å². The fourth-order valence-corrected chi connectivity index (χ4v) is 4.12. The molecule has 1 unspecified atom stereocenters. The van der Waals surface area contributed by atoms with Crippen molar-refractivity contribution in [2.45, 2.75) is 45.5 Å². The number of hydrogen-bond donors (Lipinski definition) is 5. The van der Waals surface area contributed by atoms with Crippen LogP contribution >= 0.6 is 23.5 Å². The third kappa shape index (κ3) is 4.84. The Morgan fingerprint density at radius 3 is 1.68 bits per heavy atom. The SMILES string of the molecule is [B][C@@H]1S[C@H](CO)[C@H](O)C1O.[B][C@H]1C[C@@H](O)[C@@H](CO)S1. The van der Waals surface area contributed by atoms with Gasteiger partial charge in [-0.05, 0) is 16.7 Å². The first-order chi connectivity index (χ1) is 8.90. The monoisotopic (exact) mass is 304 g/mol. The van der Waals surface area contributed by atoms with Crippen LogP contribution < -0.4 is 0 Å². The van der Waals surface area contributed by atoms with E-state index < -0.39 is 23.5 Å². The van der Waals surface area contributed by atoms with Crippen molar-refractivity contribution >= 4 is 39.2 Å². The van der Waals surface area contributed by atoms with Crippen LogP contribution in [0.1, 0.15) is 6.42 Å². The normalized spacial score (nSPS) is 45.8. The lowest BCUT2D eigenvalue weighted by molar-refractivity contribution is 0.0283. The Bertz CT molecular complexity index is 276. The highest BCUT2D eigenvalue weighted by Crippen LogP contribution is 2.32. The zero-order valence-electron chi connectivity index (χ0n) is 10.4. The standard InChI is InChI=1S/C5H9BO3S.C5H9BO2S/c6-5-4(9)3(8)2(1-7)10-5;6-5-1-3(8)4(2-7)9-5/h2-5,7-9H,1H2;3-5,7-8H,1-2H2/t2-,3+,4?,5-;3-,4-,5-/m11/s1. The van der Waals surface area contributed by atoms with Gasteiger partial charge in [-0.25, -0.2) is 0 Å². The molecule has 2 fully saturated rings. The van der Waals surface area contributed by atoms with E-state index in [2.05, 4.69) is 0 Å². The molecule has 2 saturated heterocycles. The van der Waals surface area contributed by atoms with Gasteiger partial charge >= 0.3 is 0 Å². The average Bonchev–Trinajstić information content (AvgIpc) is 2.83. The van der Waals surface area contributed by atoms with Crippen LogP contribution in [0.5, 0.6) is 0 Å². The highest BCUT2D eigenvalue weighted by atomic mass is 32.2. The molecular weight excluding hydrogens is 286 g/mol. The summed E-state index contributed by atoms with van der Waals surface area (Å²) in [6.45, 7) is -0.115. The van der Waals surface area contributed by atoms with Crippen LogP contribution in [-0.4, -0.2) is 93.5 Å². The molecule has 0 aromatic carbocycles. The molecule has 0 spiro atoms. The van der Waals surface area contributed by atoms with E-state index >= 15 is 0 Å². The molecular formula is C10H18B2O5S2. The van der Waals surface area contributed by atoms with Gasteiger partial charge in [0.15, 0.2) is 0 Å². The van der Waals surface area contributed by atoms with Gasteiger partial charge in [-0.1, -0.05) is 0 Å². The third-order valence-corrected chi connectivity index (χ3v) is 5.74. The van der Waals surface area contributed by atoms with Gasteiger partial charge in [0.25, 0.3) is 0 Å². The smallest absolute Gasteiger partial charge is 0.0942 e. The second-order valence-corrected chi connectivity index (χ2v) is 7.41. The Labute approximate surface area is 124 Å². The van der Waals surface area contributed by atoms with Gasteiger partial charge in [-0.3, -0.25) is 0 Å². The lowest BCUT2D eigenvalue weighted by Crippen LogP contribution is -2.33. The van der Waals surface area contributed by atoms with E-state index in [-0.39, 0.29) is 28.9 Å². The van der Waals surface area contributed by atoms with E-state index in [4.69, 9.17) is 41.2 Å². The fourth-order valence-electron chi connectivity index (χ4n) is 1.85. The van der Waals surface area contributed by atoms with Crippen LogP contribution in [-0.2, 0) is 0 Å². The molecule has 0 aromatic heterocycles. The fraction of sp³-hybridized carbons (Fsp3) is 1.00. The average molecular weight is 304 g/mol. The molecule has 5 nitrogen and oxygen atoms in total. The lowest BCUT2D eigenvalue weighted by atomic mass is 9.94. The molecule has 106 valence electrons. The molecule has 0 bridgehead atoms. The summed E-state index contributed by atoms with van der Waals surface area (Å²) in [7, 11) is 10.9. The first-order valence-electron chi connectivity index (χ1n) is 5.98. The van der Waals surface area contributed by atoms with Crippen LogP contribution in [0.15, 0.2) is 0 Å². The quantitative estimate of drug-likeness (QED) is 0.364. The van der Waals surface area contributed by atoms with E-state index in [1.54, 1.807) is 0 Å². The van der Waals surface area contributed by atoms with Gasteiger partial charge in [0.05, 0.1) is 57.7 Å². The number of aliphatic hydroxyl groups is 5. The van der Waals surface area contributed by atoms with Crippen LogP contribution in [0.25, 0.3) is 0 Å². The Hall–Kier alpha value is 0.630. The molecule has 0 aliphatic carbocycles. The van der Waals surface area contributed by atoms with Gasteiger partial charge in [0.1, 0.15) is 0 Å². The van der Waals surface area contributed by atoms with Gasteiger partial charge in [0, 0.05) is 0 Å². The second kappa shape index (κ2) is 8.17. The molecule has 7 atom stereocenters. The summed E-state index contributed by atoms with van der Waals surface area (Å²) in [4.78, 5) is 0. The van der Waals surface area contributed by atoms with Crippen LogP contribution in [0, 0.1) is 0 Å². The maximum absolute atomic E-state index is 9.12. The summed E-state index contributed by atoms with van der Waals surface area (Å²) in [6, 6.07) is 0. The highest BCUT2D eigenvalue weighted by Gasteiger charge is 2.38. The van der Waals surface area contributed by atoms with Crippen molar-refractivity contribution in [2.75, 3.05) is 13.2 Å². The van der Waals surface area contributed by atoms with Crippen molar-refractivity contribution < 1.29 is 25.5 Å². The van der Waals surface area contributed by atoms with Crippen molar-refractivity contribution in [3.05, 3.63) is 0 Å². The number of aliphatic hydroxyl groups excluding tert-OH is 5. The number of rotatable bonds is 2. The Kier molecular flexibility index (Phi) is 7.60. The Balaban J connectivity index is 0.000000191. The van der Waals surface area contributed by atoms with Gasteiger partial charge in [-0.15, -0.1) is 0 Å². The largest absolute Gasteiger partial charge is 0.395 e. The molecule has 0 amide bonds. The molecule has 9 heteroatoms.